The molecule has 40 heavy (non-hydrogen) atoms. The third-order valence-electron chi connectivity index (χ3n) is 7.69. The number of amides is 1. The van der Waals surface area contributed by atoms with E-state index in [0.717, 1.165) is 54.7 Å². The van der Waals surface area contributed by atoms with Crippen LogP contribution in [0.4, 0.5) is 5.82 Å². The summed E-state index contributed by atoms with van der Waals surface area (Å²) in [5, 5.41) is 1.18. The molecule has 0 radical (unpaired) electrons. The van der Waals surface area contributed by atoms with Gasteiger partial charge in [-0.15, -0.1) is 0 Å². The molecule has 1 fully saturated rings. The number of hydrogen-bond acceptors (Lipinski definition) is 6. The summed E-state index contributed by atoms with van der Waals surface area (Å²) in [5.41, 5.74) is 17.7. The Bertz CT molecular complexity index is 1440. The van der Waals surface area contributed by atoms with Gasteiger partial charge in [-0.05, 0) is 83.7 Å². The van der Waals surface area contributed by atoms with Gasteiger partial charge >= 0.3 is 0 Å². The van der Waals surface area contributed by atoms with Crippen LogP contribution in [0.3, 0.4) is 0 Å². The molecule has 1 amide bonds. The molecule has 4 aromatic rings. The van der Waals surface area contributed by atoms with Crippen LogP contribution >= 0.6 is 22.6 Å². The number of nitrogens with zero attached hydrogens (tertiary/aromatic N) is 4. The smallest absolute Gasteiger partial charge is 0.224 e. The number of ether oxygens (including phenoxy) is 1. The largest absolute Gasteiger partial charge is 0.385 e. The number of piperidine rings is 1. The third-order valence-corrected chi connectivity index (χ3v) is 8.83. The van der Waals surface area contributed by atoms with Crippen LogP contribution in [-0.2, 0) is 22.5 Å². The van der Waals surface area contributed by atoms with Gasteiger partial charge in [0, 0.05) is 84.3 Å². The molecule has 8 nitrogen and oxygen atoms in total. The number of hydrogen-bond donors (Lipinski definition) is 2. The van der Waals surface area contributed by atoms with Crippen molar-refractivity contribution in [3.63, 3.8) is 0 Å². The van der Waals surface area contributed by atoms with E-state index >= 15 is 0 Å². The predicted octanol–water partition coefficient (Wildman–Crippen LogP) is 4.99. The minimum atomic E-state index is -0.234. The van der Waals surface area contributed by atoms with Gasteiger partial charge in [-0.2, -0.15) is 0 Å². The van der Waals surface area contributed by atoms with E-state index in [9.17, 15) is 4.79 Å². The highest BCUT2D eigenvalue weighted by Crippen LogP contribution is 2.36. The predicted molar refractivity (Wildman–Crippen MR) is 168 cm³/mol. The molecule has 1 aliphatic rings. The van der Waals surface area contributed by atoms with Crippen LogP contribution in [0.5, 0.6) is 0 Å². The number of methoxy groups -OCH3 is 1. The summed E-state index contributed by atoms with van der Waals surface area (Å²) in [6.45, 7) is 3.05. The molecule has 1 saturated heterocycles. The molecule has 0 aliphatic carbocycles. The van der Waals surface area contributed by atoms with Crippen molar-refractivity contribution < 1.29 is 9.53 Å². The number of aryl methyl sites for hydroxylation is 1. The van der Waals surface area contributed by atoms with E-state index in [4.69, 9.17) is 21.2 Å². The Morgan fingerprint density at radius 2 is 1.95 bits per heavy atom. The maximum absolute atomic E-state index is 13.4. The molecule has 1 aliphatic heterocycles. The highest BCUT2D eigenvalue weighted by Gasteiger charge is 2.30. The van der Waals surface area contributed by atoms with Gasteiger partial charge in [0.2, 0.25) is 5.91 Å². The van der Waals surface area contributed by atoms with Crippen molar-refractivity contribution in [1.29, 1.82) is 0 Å². The van der Waals surface area contributed by atoms with Crippen LogP contribution in [0.1, 0.15) is 42.9 Å². The van der Waals surface area contributed by atoms with Crippen molar-refractivity contribution in [1.82, 2.24) is 19.4 Å². The lowest BCUT2D eigenvalue weighted by molar-refractivity contribution is -0.132. The van der Waals surface area contributed by atoms with Crippen LogP contribution in [0.2, 0.25) is 0 Å². The molecule has 9 heteroatoms. The van der Waals surface area contributed by atoms with Gasteiger partial charge in [0.15, 0.2) is 0 Å². The molecular formula is C31H37IN6O2. The van der Waals surface area contributed by atoms with Crippen molar-refractivity contribution in [3.05, 3.63) is 75.8 Å². The van der Waals surface area contributed by atoms with Crippen molar-refractivity contribution in [2.75, 3.05) is 32.5 Å². The summed E-state index contributed by atoms with van der Waals surface area (Å²) < 4.78 is 8.91. The maximum atomic E-state index is 13.4. The number of halogens is 1. The first kappa shape index (κ1) is 28.5. The fraction of sp³-hybridized carbons (Fsp3) is 0.387. The summed E-state index contributed by atoms with van der Waals surface area (Å²) in [6.07, 6.45) is 7.58. The fourth-order valence-corrected chi connectivity index (χ4v) is 6.86. The molecule has 5 rings (SSSR count). The van der Waals surface area contributed by atoms with Crippen molar-refractivity contribution in [3.8, 4) is 11.1 Å². The van der Waals surface area contributed by atoms with Gasteiger partial charge in [0.25, 0.3) is 0 Å². The second-order valence-corrected chi connectivity index (χ2v) is 11.7. The summed E-state index contributed by atoms with van der Waals surface area (Å²) in [4.78, 5) is 24.3. The zero-order valence-electron chi connectivity index (χ0n) is 22.9. The number of carbonyl (C=O) groups excluding carboxylic acids is 1. The Morgan fingerprint density at radius 1 is 1.15 bits per heavy atom. The SMILES string of the molecule is COCCCn1c(C2CCCN(C(=O)C[C@H](N)Cc3ccc(-c4ccc(N)nc4)cc3)C2)c(I)c2cccnc21. The van der Waals surface area contributed by atoms with Gasteiger partial charge in [-0.25, -0.2) is 9.97 Å². The fourth-order valence-electron chi connectivity index (χ4n) is 5.71. The summed E-state index contributed by atoms with van der Waals surface area (Å²) in [7, 11) is 1.74. The molecule has 0 bridgehead atoms. The molecule has 0 spiro atoms. The highest BCUT2D eigenvalue weighted by atomic mass is 127. The zero-order valence-corrected chi connectivity index (χ0v) is 25.1. The van der Waals surface area contributed by atoms with Crippen molar-refractivity contribution in [2.24, 2.45) is 5.73 Å². The Kier molecular flexibility index (Phi) is 9.33. The number of rotatable bonds is 10. The molecule has 1 aromatic carbocycles. The average molecular weight is 653 g/mol. The lowest BCUT2D eigenvalue weighted by Crippen LogP contribution is -2.42. The molecular weight excluding hydrogens is 615 g/mol. The number of anilines is 1. The molecule has 4 N–H and O–H groups in total. The number of carbonyl (C=O) groups is 1. The molecule has 3 aromatic heterocycles. The first-order valence-corrected chi connectivity index (χ1v) is 15.0. The van der Waals surface area contributed by atoms with Gasteiger partial charge in [-0.1, -0.05) is 24.3 Å². The topological polar surface area (TPSA) is 112 Å². The van der Waals surface area contributed by atoms with E-state index in [-0.39, 0.29) is 17.9 Å². The van der Waals surface area contributed by atoms with E-state index in [2.05, 4.69) is 62.5 Å². The number of benzene rings is 1. The zero-order chi connectivity index (χ0) is 28.1. The second-order valence-electron chi connectivity index (χ2n) is 10.6. The van der Waals surface area contributed by atoms with Crippen LogP contribution < -0.4 is 11.5 Å². The number of fused-ring (bicyclic) bond motifs is 1. The normalized spacial score (nSPS) is 16.4. The Labute approximate surface area is 249 Å². The number of nitrogens with two attached hydrogens (primary N) is 2. The van der Waals surface area contributed by atoms with E-state index in [1.807, 2.05) is 23.2 Å². The number of pyridine rings is 2. The van der Waals surface area contributed by atoms with Crippen LogP contribution in [0, 0.1) is 3.57 Å². The standard InChI is InChI=1S/C31H37IN6O2/c1-40-16-4-15-38-30(29(32)26-6-2-13-35-31(26)38)24-5-3-14-37(20-24)28(39)18-25(33)17-21-7-9-22(10-8-21)23-11-12-27(34)36-19-23/h2,6-13,19,24-25H,3-5,14-18,20,33H2,1H3,(H2,34,36)/t24?,25-/m1/s1. The first-order chi connectivity index (χ1) is 19.4. The minimum Gasteiger partial charge on any atom is -0.385 e. The van der Waals surface area contributed by atoms with Crippen molar-refractivity contribution >= 4 is 45.3 Å². The summed E-state index contributed by atoms with van der Waals surface area (Å²) in [6, 6.07) is 15.9. The molecule has 1 unspecified atom stereocenters. The highest BCUT2D eigenvalue weighted by molar-refractivity contribution is 14.1. The second kappa shape index (κ2) is 13.1. The maximum Gasteiger partial charge on any atom is 0.224 e. The van der Waals surface area contributed by atoms with Crippen LogP contribution in [-0.4, -0.2) is 58.2 Å². The Balaban J connectivity index is 1.23. The van der Waals surface area contributed by atoms with Gasteiger partial charge in [-0.3, -0.25) is 4.79 Å². The molecule has 210 valence electrons. The number of likely N-dealkylation sites (tertiary alicyclic amines) is 1. The number of nitrogen functional groups attached to an aromatic ring is 1. The lowest BCUT2D eigenvalue weighted by atomic mass is 9.93. The summed E-state index contributed by atoms with van der Waals surface area (Å²) >= 11 is 2.46. The van der Waals surface area contributed by atoms with E-state index in [1.165, 1.54) is 14.7 Å². The van der Waals surface area contributed by atoms with Crippen molar-refractivity contribution in [2.45, 2.75) is 50.6 Å². The van der Waals surface area contributed by atoms with Crippen LogP contribution in [0.25, 0.3) is 22.2 Å². The van der Waals surface area contributed by atoms with E-state index in [0.29, 0.717) is 31.8 Å². The molecule has 0 saturated carbocycles. The number of aromatic nitrogens is 3. The van der Waals surface area contributed by atoms with Gasteiger partial charge in [0.1, 0.15) is 11.5 Å². The quantitative estimate of drug-likeness (QED) is 0.185. The van der Waals surface area contributed by atoms with E-state index < -0.39 is 0 Å². The first-order valence-electron chi connectivity index (χ1n) is 13.9. The minimum absolute atomic E-state index is 0.136. The monoisotopic (exact) mass is 652 g/mol. The average Bonchev–Trinajstić information content (AvgIpc) is 3.25. The molecule has 2 atom stereocenters. The third kappa shape index (κ3) is 6.47. The van der Waals surface area contributed by atoms with Gasteiger partial charge < -0.3 is 25.7 Å². The molecule has 4 heterocycles. The summed E-state index contributed by atoms with van der Waals surface area (Å²) in [5.74, 6) is 0.914. The Morgan fingerprint density at radius 3 is 2.70 bits per heavy atom. The lowest BCUT2D eigenvalue weighted by Gasteiger charge is -2.34. The van der Waals surface area contributed by atoms with E-state index in [1.54, 1.807) is 19.4 Å². The Hall–Kier alpha value is -3.02. The van der Waals surface area contributed by atoms with Gasteiger partial charge in [0.05, 0.1) is 0 Å². The van der Waals surface area contributed by atoms with Crippen LogP contribution in [0.15, 0.2) is 60.9 Å².